The van der Waals surface area contributed by atoms with Crippen molar-refractivity contribution >= 4 is 34.1 Å². The van der Waals surface area contributed by atoms with Crippen molar-refractivity contribution in [3.05, 3.63) is 70.5 Å². The number of hydrogen-bond donors (Lipinski definition) is 3. The number of aryl methyl sites for hydroxylation is 2. The second-order valence-corrected chi connectivity index (χ2v) is 6.93. The number of nitrogens with one attached hydrogen (secondary N) is 3. The van der Waals surface area contributed by atoms with E-state index >= 15 is 0 Å². The molecule has 0 fully saturated rings. The Morgan fingerprint density at radius 2 is 1.96 bits per heavy atom. The van der Waals surface area contributed by atoms with E-state index in [9.17, 15) is 9.59 Å². The van der Waals surface area contributed by atoms with Crippen molar-refractivity contribution in [3.8, 4) is 0 Å². The number of benzene rings is 1. The second-order valence-electron chi connectivity index (χ2n) is 5.93. The van der Waals surface area contributed by atoms with Gasteiger partial charge in [-0.2, -0.15) is 0 Å². The van der Waals surface area contributed by atoms with E-state index in [2.05, 4.69) is 25.9 Å². The van der Waals surface area contributed by atoms with Gasteiger partial charge in [0, 0.05) is 24.6 Å². The summed E-state index contributed by atoms with van der Waals surface area (Å²) in [5, 5.41) is 8.61. The van der Waals surface area contributed by atoms with E-state index in [1.54, 1.807) is 25.4 Å². The SMILES string of the molecule is Cc1cccc(NC(=O)Nc2nc(C)c(C(=O)NCc3cccnc3)s2)c1. The van der Waals surface area contributed by atoms with Gasteiger partial charge in [-0.1, -0.05) is 29.5 Å². The van der Waals surface area contributed by atoms with Crippen molar-refractivity contribution < 1.29 is 9.59 Å². The minimum atomic E-state index is -0.406. The van der Waals surface area contributed by atoms with Crippen LogP contribution in [0.4, 0.5) is 15.6 Å². The zero-order valence-electron chi connectivity index (χ0n) is 14.9. The van der Waals surface area contributed by atoms with Crippen LogP contribution in [0.3, 0.4) is 0 Å². The first-order valence-electron chi connectivity index (χ1n) is 8.30. The zero-order valence-corrected chi connectivity index (χ0v) is 15.8. The molecule has 138 valence electrons. The summed E-state index contributed by atoms with van der Waals surface area (Å²) in [4.78, 5) is 33.2. The molecular formula is C19H19N5O2S. The highest BCUT2D eigenvalue weighted by Gasteiger charge is 2.16. The van der Waals surface area contributed by atoms with Gasteiger partial charge in [0.2, 0.25) is 0 Å². The smallest absolute Gasteiger partial charge is 0.325 e. The van der Waals surface area contributed by atoms with E-state index in [0.29, 0.717) is 27.9 Å². The van der Waals surface area contributed by atoms with E-state index in [1.807, 2.05) is 37.3 Å². The fourth-order valence-electron chi connectivity index (χ4n) is 2.41. The van der Waals surface area contributed by atoms with Crippen molar-refractivity contribution in [2.75, 3.05) is 10.6 Å². The Morgan fingerprint density at radius 1 is 1.11 bits per heavy atom. The van der Waals surface area contributed by atoms with E-state index in [4.69, 9.17) is 0 Å². The maximum absolute atomic E-state index is 12.4. The topological polar surface area (TPSA) is 96.0 Å². The lowest BCUT2D eigenvalue weighted by atomic mass is 10.2. The number of rotatable bonds is 5. The number of hydrogen-bond acceptors (Lipinski definition) is 5. The lowest BCUT2D eigenvalue weighted by molar-refractivity contribution is 0.0954. The molecule has 7 nitrogen and oxygen atoms in total. The highest BCUT2D eigenvalue weighted by Crippen LogP contribution is 2.23. The summed E-state index contributed by atoms with van der Waals surface area (Å²) < 4.78 is 0. The minimum absolute atomic E-state index is 0.235. The molecule has 0 radical (unpaired) electrons. The van der Waals surface area contributed by atoms with Crippen LogP contribution in [0.1, 0.15) is 26.5 Å². The van der Waals surface area contributed by atoms with Gasteiger partial charge in [0.1, 0.15) is 4.88 Å². The first-order chi connectivity index (χ1) is 13.0. The van der Waals surface area contributed by atoms with Crippen LogP contribution in [-0.4, -0.2) is 21.9 Å². The van der Waals surface area contributed by atoms with Crippen LogP contribution in [0.25, 0.3) is 0 Å². The molecule has 3 aromatic rings. The Balaban J connectivity index is 1.60. The Kier molecular flexibility index (Phi) is 5.77. The van der Waals surface area contributed by atoms with Crippen molar-refractivity contribution in [2.24, 2.45) is 0 Å². The van der Waals surface area contributed by atoms with E-state index in [-0.39, 0.29) is 5.91 Å². The number of carbonyl (C=O) groups is 2. The third kappa shape index (κ3) is 5.11. The van der Waals surface area contributed by atoms with E-state index in [0.717, 1.165) is 22.5 Å². The predicted octanol–water partition coefficient (Wildman–Crippen LogP) is 3.73. The minimum Gasteiger partial charge on any atom is -0.347 e. The first kappa shape index (κ1) is 18.5. The maximum atomic E-state index is 12.4. The summed E-state index contributed by atoms with van der Waals surface area (Å²) in [5.74, 6) is -0.235. The summed E-state index contributed by atoms with van der Waals surface area (Å²) in [5.41, 5.74) is 3.21. The fraction of sp³-hybridized carbons (Fsp3) is 0.158. The quantitative estimate of drug-likeness (QED) is 0.627. The predicted molar refractivity (Wildman–Crippen MR) is 106 cm³/mol. The molecule has 0 bridgehead atoms. The van der Waals surface area contributed by atoms with Crippen LogP contribution in [0.2, 0.25) is 0 Å². The maximum Gasteiger partial charge on any atom is 0.325 e. The zero-order chi connectivity index (χ0) is 19.2. The van der Waals surface area contributed by atoms with Crippen molar-refractivity contribution in [1.82, 2.24) is 15.3 Å². The molecule has 0 aliphatic heterocycles. The lowest BCUT2D eigenvalue weighted by Crippen LogP contribution is -2.22. The molecule has 0 aliphatic rings. The molecule has 0 unspecified atom stereocenters. The average Bonchev–Trinajstić information content (AvgIpc) is 3.00. The van der Waals surface area contributed by atoms with Crippen LogP contribution < -0.4 is 16.0 Å². The van der Waals surface area contributed by atoms with Crippen LogP contribution in [0, 0.1) is 13.8 Å². The largest absolute Gasteiger partial charge is 0.347 e. The van der Waals surface area contributed by atoms with Gasteiger partial charge in [-0.3, -0.25) is 15.1 Å². The molecule has 0 atom stereocenters. The third-order valence-electron chi connectivity index (χ3n) is 3.68. The van der Waals surface area contributed by atoms with Crippen molar-refractivity contribution in [2.45, 2.75) is 20.4 Å². The summed E-state index contributed by atoms with van der Waals surface area (Å²) in [6.07, 6.45) is 3.38. The van der Waals surface area contributed by atoms with E-state index < -0.39 is 6.03 Å². The van der Waals surface area contributed by atoms with Crippen LogP contribution in [-0.2, 0) is 6.54 Å². The normalized spacial score (nSPS) is 10.3. The fourth-order valence-corrected chi connectivity index (χ4v) is 3.29. The van der Waals surface area contributed by atoms with Crippen LogP contribution in [0.5, 0.6) is 0 Å². The summed E-state index contributed by atoms with van der Waals surface area (Å²) in [7, 11) is 0. The summed E-state index contributed by atoms with van der Waals surface area (Å²) in [6.45, 7) is 4.06. The average molecular weight is 381 g/mol. The molecule has 0 aliphatic carbocycles. The molecule has 0 spiro atoms. The Morgan fingerprint density at radius 3 is 2.70 bits per heavy atom. The number of aromatic nitrogens is 2. The van der Waals surface area contributed by atoms with Gasteiger partial charge in [0.15, 0.2) is 5.13 Å². The van der Waals surface area contributed by atoms with Gasteiger partial charge in [0.25, 0.3) is 5.91 Å². The molecule has 2 aromatic heterocycles. The molecular weight excluding hydrogens is 362 g/mol. The molecule has 27 heavy (non-hydrogen) atoms. The summed E-state index contributed by atoms with van der Waals surface area (Å²) in [6, 6.07) is 10.8. The van der Waals surface area contributed by atoms with Gasteiger partial charge < -0.3 is 10.6 Å². The van der Waals surface area contributed by atoms with Gasteiger partial charge in [-0.05, 0) is 43.2 Å². The number of thiazole rings is 1. The van der Waals surface area contributed by atoms with Crippen LogP contribution >= 0.6 is 11.3 Å². The lowest BCUT2D eigenvalue weighted by Gasteiger charge is -2.05. The molecule has 0 saturated carbocycles. The van der Waals surface area contributed by atoms with Gasteiger partial charge in [-0.15, -0.1) is 0 Å². The number of anilines is 2. The molecule has 1 aromatic carbocycles. The number of amides is 3. The highest BCUT2D eigenvalue weighted by atomic mass is 32.1. The van der Waals surface area contributed by atoms with E-state index in [1.165, 1.54) is 0 Å². The third-order valence-corrected chi connectivity index (χ3v) is 4.75. The highest BCUT2D eigenvalue weighted by molar-refractivity contribution is 7.17. The Labute approximate surface area is 160 Å². The molecule has 8 heteroatoms. The standard InChI is InChI=1S/C19H19N5O2S/c1-12-5-3-7-15(9-12)23-18(26)24-19-22-13(2)16(27-19)17(25)21-11-14-6-4-8-20-10-14/h3-10H,11H2,1-2H3,(H,21,25)(H2,22,23,24,26). The van der Waals surface area contributed by atoms with Crippen molar-refractivity contribution in [3.63, 3.8) is 0 Å². The second kappa shape index (κ2) is 8.41. The monoisotopic (exact) mass is 381 g/mol. The summed E-state index contributed by atoms with van der Waals surface area (Å²) >= 11 is 1.13. The Bertz CT molecular complexity index is 956. The van der Waals surface area contributed by atoms with Gasteiger partial charge in [0.05, 0.1) is 5.69 Å². The molecule has 3 N–H and O–H groups in total. The molecule has 2 heterocycles. The number of nitrogens with zero attached hydrogens (tertiary/aromatic N) is 2. The molecule has 3 rings (SSSR count). The molecule has 0 saturated heterocycles. The Hall–Kier alpha value is -3.26. The van der Waals surface area contributed by atoms with Gasteiger partial charge in [-0.25, -0.2) is 9.78 Å². The number of carbonyl (C=O) groups excluding carboxylic acids is 2. The van der Waals surface area contributed by atoms with Crippen molar-refractivity contribution in [1.29, 1.82) is 0 Å². The van der Waals surface area contributed by atoms with Gasteiger partial charge >= 0.3 is 6.03 Å². The van der Waals surface area contributed by atoms with Crippen LogP contribution in [0.15, 0.2) is 48.8 Å². The number of urea groups is 1. The number of pyridine rings is 1. The molecule has 3 amide bonds. The first-order valence-corrected chi connectivity index (χ1v) is 9.12.